The predicted molar refractivity (Wildman–Crippen MR) is 101 cm³/mol. The van der Waals surface area contributed by atoms with Crippen molar-refractivity contribution in [2.45, 2.75) is 50.2 Å². The molecule has 0 unspecified atom stereocenters. The normalized spacial score (nSPS) is 15.3. The third-order valence-corrected chi connectivity index (χ3v) is 5.83. The Morgan fingerprint density at radius 1 is 1.12 bits per heavy atom. The van der Waals surface area contributed by atoms with Gasteiger partial charge in [-0.25, -0.2) is 8.42 Å². The Bertz CT molecular complexity index is 840. The quantitative estimate of drug-likeness (QED) is 0.834. The van der Waals surface area contributed by atoms with Crippen LogP contribution in [0.1, 0.15) is 36.8 Å². The van der Waals surface area contributed by atoms with Crippen molar-refractivity contribution < 1.29 is 13.2 Å². The van der Waals surface area contributed by atoms with E-state index in [0.29, 0.717) is 17.5 Å². The third-order valence-electron chi connectivity index (χ3n) is 4.59. The van der Waals surface area contributed by atoms with Gasteiger partial charge in [-0.05, 0) is 68.0 Å². The molecule has 0 aromatic heterocycles. The summed E-state index contributed by atoms with van der Waals surface area (Å²) in [5.41, 5.74) is 2.67. The van der Waals surface area contributed by atoms with Crippen LogP contribution in [0.2, 0.25) is 0 Å². The summed E-state index contributed by atoms with van der Waals surface area (Å²) < 4.78 is 29.7. The Kier molecular flexibility index (Phi) is 5.33. The van der Waals surface area contributed by atoms with Crippen LogP contribution >= 0.6 is 0 Å². The Morgan fingerprint density at radius 2 is 1.88 bits per heavy atom. The monoisotopic (exact) mass is 359 g/mol. The van der Waals surface area contributed by atoms with Crippen molar-refractivity contribution in [2.75, 3.05) is 11.6 Å². The molecule has 0 bridgehead atoms. The van der Waals surface area contributed by atoms with E-state index in [2.05, 4.69) is 11.4 Å². The standard InChI is InChI=1S/C20H25NO3S/c1-15-10-11-17(13-20(15)25(2,22)23)21-14-16-6-5-9-19(12-16)24-18-7-3-4-8-18/h5-6,9-13,18,21H,3-4,7-8,14H2,1-2H3. The fraction of sp³-hybridized carbons (Fsp3) is 0.400. The molecule has 0 radical (unpaired) electrons. The smallest absolute Gasteiger partial charge is 0.175 e. The van der Waals surface area contributed by atoms with Crippen LogP contribution in [0.15, 0.2) is 47.4 Å². The lowest BCUT2D eigenvalue weighted by atomic mass is 10.2. The number of nitrogens with one attached hydrogen (secondary N) is 1. The molecule has 0 saturated heterocycles. The summed E-state index contributed by atoms with van der Waals surface area (Å²) in [6, 6.07) is 13.5. The van der Waals surface area contributed by atoms with E-state index in [1.54, 1.807) is 6.07 Å². The second kappa shape index (κ2) is 7.48. The van der Waals surface area contributed by atoms with Crippen LogP contribution < -0.4 is 10.1 Å². The topological polar surface area (TPSA) is 55.4 Å². The zero-order valence-corrected chi connectivity index (χ0v) is 15.6. The van der Waals surface area contributed by atoms with E-state index in [1.165, 1.54) is 19.1 Å². The van der Waals surface area contributed by atoms with Gasteiger partial charge >= 0.3 is 0 Å². The molecular weight excluding hydrogens is 334 g/mol. The lowest BCUT2D eigenvalue weighted by Gasteiger charge is -2.14. The van der Waals surface area contributed by atoms with Crippen LogP contribution in [-0.4, -0.2) is 20.8 Å². The minimum atomic E-state index is -3.22. The second-order valence-corrected chi connectivity index (χ2v) is 8.76. The first-order chi connectivity index (χ1) is 11.9. The average molecular weight is 359 g/mol. The highest BCUT2D eigenvalue weighted by Gasteiger charge is 2.16. The molecule has 134 valence electrons. The Morgan fingerprint density at radius 3 is 2.60 bits per heavy atom. The average Bonchev–Trinajstić information content (AvgIpc) is 3.06. The van der Waals surface area contributed by atoms with Crippen LogP contribution in [0, 0.1) is 6.92 Å². The minimum Gasteiger partial charge on any atom is -0.490 e. The highest BCUT2D eigenvalue weighted by molar-refractivity contribution is 7.90. The molecule has 0 atom stereocenters. The van der Waals surface area contributed by atoms with Crippen LogP contribution in [0.3, 0.4) is 0 Å². The molecule has 1 aliphatic rings. The molecule has 25 heavy (non-hydrogen) atoms. The zero-order chi connectivity index (χ0) is 17.9. The first-order valence-electron chi connectivity index (χ1n) is 8.72. The molecular formula is C20H25NO3S. The van der Waals surface area contributed by atoms with Gasteiger partial charge in [-0.3, -0.25) is 0 Å². The highest BCUT2D eigenvalue weighted by atomic mass is 32.2. The Balaban J connectivity index is 1.67. The van der Waals surface area contributed by atoms with Crippen molar-refractivity contribution in [2.24, 2.45) is 0 Å². The molecule has 1 saturated carbocycles. The third kappa shape index (κ3) is 4.75. The predicted octanol–water partition coefficient (Wildman–Crippen LogP) is 4.33. The van der Waals surface area contributed by atoms with Crippen LogP contribution in [0.4, 0.5) is 5.69 Å². The van der Waals surface area contributed by atoms with Crippen molar-refractivity contribution in [3.63, 3.8) is 0 Å². The van der Waals surface area contributed by atoms with Crippen LogP contribution in [-0.2, 0) is 16.4 Å². The van der Waals surface area contributed by atoms with E-state index in [1.807, 2.05) is 37.3 Å². The summed E-state index contributed by atoms with van der Waals surface area (Å²) in [6.45, 7) is 2.43. The van der Waals surface area contributed by atoms with Gasteiger partial charge in [0.1, 0.15) is 5.75 Å². The van der Waals surface area contributed by atoms with E-state index in [-0.39, 0.29) is 0 Å². The molecule has 1 aliphatic carbocycles. The molecule has 0 spiro atoms. The maximum Gasteiger partial charge on any atom is 0.175 e. The van der Waals surface area contributed by atoms with Gasteiger partial charge in [-0.15, -0.1) is 0 Å². The van der Waals surface area contributed by atoms with Gasteiger partial charge in [0, 0.05) is 18.5 Å². The Hall–Kier alpha value is -2.01. The van der Waals surface area contributed by atoms with Crippen molar-refractivity contribution >= 4 is 15.5 Å². The molecule has 0 heterocycles. The maximum absolute atomic E-state index is 11.8. The number of anilines is 1. The summed E-state index contributed by atoms with van der Waals surface area (Å²) in [4.78, 5) is 0.371. The van der Waals surface area contributed by atoms with Gasteiger partial charge in [0.05, 0.1) is 11.0 Å². The SMILES string of the molecule is Cc1ccc(NCc2cccc(OC3CCCC3)c2)cc1S(C)(=O)=O. The van der Waals surface area contributed by atoms with Crippen molar-refractivity contribution in [1.29, 1.82) is 0 Å². The largest absolute Gasteiger partial charge is 0.490 e. The Labute approximate surface area is 150 Å². The molecule has 3 rings (SSSR count). The van der Waals surface area contributed by atoms with Gasteiger partial charge in [0.2, 0.25) is 0 Å². The number of hydrogen-bond acceptors (Lipinski definition) is 4. The molecule has 4 nitrogen and oxygen atoms in total. The van der Waals surface area contributed by atoms with Gasteiger partial charge in [-0.1, -0.05) is 18.2 Å². The molecule has 5 heteroatoms. The van der Waals surface area contributed by atoms with E-state index >= 15 is 0 Å². The number of benzene rings is 2. The number of sulfone groups is 1. The number of ether oxygens (including phenoxy) is 1. The van der Waals surface area contributed by atoms with E-state index in [9.17, 15) is 8.42 Å². The number of hydrogen-bond donors (Lipinski definition) is 1. The van der Waals surface area contributed by atoms with E-state index in [4.69, 9.17) is 4.74 Å². The van der Waals surface area contributed by atoms with Gasteiger partial charge in [0.15, 0.2) is 9.84 Å². The van der Waals surface area contributed by atoms with Crippen molar-refractivity contribution in [3.8, 4) is 5.75 Å². The molecule has 1 N–H and O–H groups in total. The highest BCUT2D eigenvalue weighted by Crippen LogP contribution is 2.25. The summed E-state index contributed by atoms with van der Waals surface area (Å²) in [5.74, 6) is 0.909. The van der Waals surface area contributed by atoms with Crippen molar-refractivity contribution in [3.05, 3.63) is 53.6 Å². The van der Waals surface area contributed by atoms with Crippen molar-refractivity contribution in [1.82, 2.24) is 0 Å². The molecule has 2 aromatic rings. The van der Waals surface area contributed by atoms with Crippen LogP contribution in [0.25, 0.3) is 0 Å². The van der Waals surface area contributed by atoms with Gasteiger partial charge in [0.25, 0.3) is 0 Å². The molecule has 1 fully saturated rings. The van der Waals surface area contributed by atoms with E-state index in [0.717, 1.165) is 35.4 Å². The first-order valence-corrected chi connectivity index (χ1v) is 10.6. The molecule has 0 amide bonds. The first kappa shape index (κ1) is 17.8. The lowest BCUT2D eigenvalue weighted by molar-refractivity contribution is 0.210. The lowest BCUT2D eigenvalue weighted by Crippen LogP contribution is -2.11. The second-order valence-electron chi connectivity index (χ2n) is 6.78. The summed E-state index contributed by atoms with van der Waals surface area (Å²) in [7, 11) is -3.22. The molecule has 0 aliphatic heterocycles. The minimum absolute atomic E-state index is 0.345. The fourth-order valence-electron chi connectivity index (χ4n) is 3.24. The summed E-state index contributed by atoms with van der Waals surface area (Å²) >= 11 is 0. The number of aryl methyl sites for hydroxylation is 1. The van der Waals surface area contributed by atoms with Gasteiger partial charge < -0.3 is 10.1 Å². The number of rotatable bonds is 6. The van der Waals surface area contributed by atoms with Crippen LogP contribution in [0.5, 0.6) is 5.75 Å². The summed E-state index contributed by atoms with van der Waals surface area (Å²) in [6.07, 6.45) is 6.37. The summed E-state index contributed by atoms with van der Waals surface area (Å²) in [5, 5.41) is 3.30. The van der Waals surface area contributed by atoms with Gasteiger partial charge in [-0.2, -0.15) is 0 Å². The molecule has 2 aromatic carbocycles. The maximum atomic E-state index is 11.8. The fourth-order valence-corrected chi connectivity index (χ4v) is 4.24. The zero-order valence-electron chi connectivity index (χ0n) is 14.8. The van der Waals surface area contributed by atoms with E-state index < -0.39 is 9.84 Å².